The number of piperidine rings is 1. The SMILES string of the molecule is O=C(CSc1ccccc1)N1CCCC(c2nnc3ccccn23)C1. The lowest BCUT2D eigenvalue weighted by Crippen LogP contribution is -2.40. The van der Waals surface area contributed by atoms with Gasteiger partial charge in [-0.2, -0.15) is 0 Å². The summed E-state index contributed by atoms with van der Waals surface area (Å²) in [7, 11) is 0. The van der Waals surface area contributed by atoms with Gasteiger partial charge >= 0.3 is 0 Å². The number of fused-ring (bicyclic) bond motifs is 1. The van der Waals surface area contributed by atoms with Crippen LogP contribution in [0.3, 0.4) is 0 Å². The molecule has 3 heterocycles. The number of likely N-dealkylation sites (tertiary alicyclic amines) is 1. The van der Waals surface area contributed by atoms with Crippen molar-refractivity contribution in [3.05, 3.63) is 60.6 Å². The van der Waals surface area contributed by atoms with Crippen molar-refractivity contribution in [3.63, 3.8) is 0 Å². The fraction of sp³-hybridized carbons (Fsp3) is 0.316. The first-order valence-corrected chi connectivity index (χ1v) is 9.55. The third kappa shape index (κ3) is 3.54. The molecule has 0 N–H and O–H groups in total. The van der Waals surface area contributed by atoms with E-state index in [0.29, 0.717) is 5.75 Å². The molecule has 0 aliphatic carbocycles. The number of benzene rings is 1. The van der Waals surface area contributed by atoms with E-state index in [-0.39, 0.29) is 11.8 Å². The van der Waals surface area contributed by atoms with Gasteiger partial charge in [0, 0.05) is 30.1 Å². The van der Waals surface area contributed by atoms with Crippen molar-refractivity contribution in [2.45, 2.75) is 23.7 Å². The third-order valence-electron chi connectivity index (χ3n) is 4.58. The number of carbonyl (C=O) groups is 1. The summed E-state index contributed by atoms with van der Waals surface area (Å²) in [6, 6.07) is 16.0. The Bertz CT molecular complexity index is 864. The molecule has 1 unspecified atom stereocenters. The molecule has 1 aromatic carbocycles. The van der Waals surface area contributed by atoms with Crippen LogP contribution in [0.1, 0.15) is 24.6 Å². The van der Waals surface area contributed by atoms with Gasteiger partial charge in [0.25, 0.3) is 0 Å². The number of carbonyl (C=O) groups excluding carboxylic acids is 1. The summed E-state index contributed by atoms with van der Waals surface area (Å²) in [4.78, 5) is 15.7. The molecule has 1 amide bonds. The highest BCUT2D eigenvalue weighted by molar-refractivity contribution is 8.00. The van der Waals surface area contributed by atoms with Crippen LogP contribution in [-0.4, -0.2) is 44.2 Å². The van der Waals surface area contributed by atoms with E-state index in [1.807, 2.05) is 64.0 Å². The quantitative estimate of drug-likeness (QED) is 0.677. The fourth-order valence-electron chi connectivity index (χ4n) is 3.31. The number of thioether (sulfide) groups is 1. The molecule has 3 aromatic rings. The summed E-state index contributed by atoms with van der Waals surface area (Å²) in [6.07, 6.45) is 4.05. The van der Waals surface area contributed by atoms with Crippen molar-refractivity contribution in [3.8, 4) is 0 Å². The molecule has 0 radical (unpaired) electrons. The van der Waals surface area contributed by atoms with Crippen molar-refractivity contribution in [1.82, 2.24) is 19.5 Å². The standard InChI is InChI=1S/C19H20N4OS/c24-18(14-25-16-8-2-1-3-9-16)22-11-6-7-15(13-22)19-21-20-17-10-4-5-12-23(17)19/h1-5,8-10,12,15H,6-7,11,13-14H2. The molecule has 0 spiro atoms. The topological polar surface area (TPSA) is 50.5 Å². The summed E-state index contributed by atoms with van der Waals surface area (Å²) in [5.74, 6) is 1.89. The van der Waals surface area contributed by atoms with Crippen molar-refractivity contribution in [2.75, 3.05) is 18.8 Å². The highest BCUT2D eigenvalue weighted by Crippen LogP contribution is 2.27. The van der Waals surface area contributed by atoms with Crippen LogP contribution in [-0.2, 0) is 4.79 Å². The van der Waals surface area contributed by atoms with Crippen molar-refractivity contribution in [1.29, 1.82) is 0 Å². The predicted molar refractivity (Wildman–Crippen MR) is 98.7 cm³/mol. The van der Waals surface area contributed by atoms with Gasteiger partial charge in [-0.1, -0.05) is 24.3 Å². The zero-order valence-corrected chi connectivity index (χ0v) is 14.7. The lowest BCUT2D eigenvalue weighted by atomic mass is 9.97. The molecule has 1 aliphatic rings. The Morgan fingerprint density at radius 1 is 1.12 bits per heavy atom. The zero-order valence-electron chi connectivity index (χ0n) is 13.9. The lowest BCUT2D eigenvalue weighted by molar-refractivity contribution is -0.129. The first-order valence-electron chi connectivity index (χ1n) is 8.56. The maximum atomic E-state index is 12.6. The van der Waals surface area contributed by atoms with Crippen LogP contribution >= 0.6 is 11.8 Å². The summed E-state index contributed by atoms with van der Waals surface area (Å²) in [6.45, 7) is 1.56. The lowest BCUT2D eigenvalue weighted by Gasteiger charge is -2.32. The first-order chi connectivity index (χ1) is 12.3. The van der Waals surface area contributed by atoms with Gasteiger partial charge in [-0.15, -0.1) is 22.0 Å². The number of rotatable bonds is 4. The van der Waals surface area contributed by atoms with Crippen LogP contribution < -0.4 is 0 Å². The molecule has 5 nitrogen and oxygen atoms in total. The molecular formula is C19H20N4OS. The Morgan fingerprint density at radius 2 is 1.96 bits per heavy atom. The second-order valence-corrected chi connectivity index (χ2v) is 7.32. The van der Waals surface area contributed by atoms with Gasteiger partial charge in [0.15, 0.2) is 5.65 Å². The van der Waals surface area contributed by atoms with Gasteiger partial charge in [0.05, 0.1) is 5.75 Å². The van der Waals surface area contributed by atoms with E-state index in [1.54, 1.807) is 11.8 Å². The molecule has 1 saturated heterocycles. The number of hydrogen-bond acceptors (Lipinski definition) is 4. The molecule has 4 rings (SSSR count). The first kappa shape index (κ1) is 16.1. The molecule has 25 heavy (non-hydrogen) atoms. The van der Waals surface area contributed by atoms with E-state index in [4.69, 9.17) is 0 Å². The van der Waals surface area contributed by atoms with E-state index < -0.39 is 0 Å². The summed E-state index contributed by atoms with van der Waals surface area (Å²) >= 11 is 1.60. The Labute approximate surface area is 151 Å². The largest absolute Gasteiger partial charge is 0.341 e. The van der Waals surface area contributed by atoms with Crippen LogP contribution in [0.2, 0.25) is 0 Å². The second kappa shape index (κ2) is 7.27. The van der Waals surface area contributed by atoms with Crippen LogP contribution in [0.5, 0.6) is 0 Å². The number of amides is 1. The average Bonchev–Trinajstić information content (AvgIpc) is 3.11. The number of pyridine rings is 1. The fourth-order valence-corrected chi connectivity index (χ4v) is 4.13. The van der Waals surface area contributed by atoms with Gasteiger partial charge in [-0.05, 0) is 37.1 Å². The van der Waals surface area contributed by atoms with Crippen LogP contribution in [0.25, 0.3) is 5.65 Å². The highest BCUT2D eigenvalue weighted by atomic mass is 32.2. The van der Waals surface area contributed by atoms with E-state index in [2.05, 4.69) is 10.2 Å². The normalized spacial score (nSPS) is 17.8. The van der Waals surface area contributed by atoms with Gasteiger partial charge in [0.1, 0.15) is 5.82 Å². The van der Waals surface area contributed by atoms with Gasteiger partial charge < -0.3 is 4.90 Å². The van der Waals surface area contributed by atoms with E-state index in [0.717, 1.165) is 42.3 Å². The highest BCUT2D eigenvalue weighted by Gasteiger charge is 2.27. The van der Waals surface area contributed by atoms with Gasteiger partial charge in [-0.25, -0.2) is 0 Å². The van der Waals surface area contributed by atoms with Crippen molar-refractivity contribution >= 4 is 23.3 Å². The maximum absolute atomic E-state index is 12.6. The predicted octanol–water partition coefficient (Wildman–Crippen LogP) is 3.23. The monoisotopic (exact) mass is 352 g/mol. The van der Waals surface area contributed by atoms with Crippen molar-refractivity contribution in [2.24, 2.45) is 0 Å². The minimum Gasteiger partial charge on any atom is -0.341 e. The van der Waals surface area contributed by atoms with E-state index in [1.165, 1.54) is 0 Å². The third-order valence-corrected chi connectivity index (χ3v) is 5.58. The van der Waals surface area contributed by atoms with E-state index in [9.17, 15) is 4.79 Å². The Kier molecular flexibility index (Phi) is 4.70. The summed E-state index contributed by atoms with van der Waals surface area (Å²) in [5.41, 5.74) is 0.862. The molecule has 2 aromatic heterocycles. The smallest absolute Gasteiger partial charge is 0.232 e. The minimum atomic E-state index is 0.201. The molecule has 0 bridgehead atoms. The zero-order chi connectivity index (χ0) is 17.1. The van der Waals surface area contributed by atoms with Crippen molar-refractivity contribution < 1.29 is 4.79 Å². The molecule has 6 heteroatoms. The van der Waals surface area contributed by atoms with Gasteiger partial charge in [0.2, 0.25) is 5.91 Å². The minimum absolute atomic E-state index is 0.201. The number of hydrogen-bond donors (Lipinski definition) is 0. The van der Waals surface area contributed by atoms with Crippen LogP contribution in [0, 0.1) is 0 Å². The summed E-state index contributed by atoms with van der Waals surface area (Å²) < 4.78 is 2.04. The van der Waals surface area contributed by atoms with Crippen LogP contribution in [0.4, 0.5) is 0 Å². The molecule has 1 fully saturated rings. The Morgan fingerprint density at radius 3 is 2.84 bits per heavy atom. The number of aromatic nitrogens is 3. The average molecular weight is 352 g/mol. The Hall–Kier alpha value is -2.34. The maximum Gasteiger partial charge on any atom is 0.232 e. The molecule has 0 saturated carbocycles. The molecule has 128 valence electrons. The number of nitrogens with zero attached hydrogens (tertiary/aromatic N) is 4. The summed E-state index contributed by atoms with van der Waals surface area (Å²) in [5, 5.41) is 8.62. The molecular weight excluding hydrogens is 332 g/mol. The Balaban J connectivity index is 1.43. The van der Waals surface area contributed by atoms with Crippen LogP contribution in [0.15, 0.2) is 59.6 Å². The van der Waals surface area contributed by atoms with E-state index >= 15 is 0 Å². The molecule has 1 atom stereocenters. The second-order valence-electron chi connectivity index (χ2n) is 6.27. The molecule has 1 aliphatic heterocycles. The van der Waals surface area contributed by atoms with Gasteiger partial charge in [-0.3, -0.25) is 9.20 Å².